The second kappa shape index (κ2) is 5.62. The summed E-state index contributed by atoms with van der Waals surface area (Å²) >= 11 is 11.8. The Labute approximate surface area is 101 Å². The lowest BCUT2D eigenvalue weighted by Gasteiger charge is -2.15. The van der Waals surface area contributed by atoms with E-state index < -0.39 is 0 Å². The summed E-state index contributed by atoms with van der Waals surface area (Å²) in [5.74, 6) is 1.61. The topological polar surface area (TPSA) is 9.23 Å². The maximum Gasteiger partial charge on any atom is 0.125 e. The number of benzene rings is 1. The first kappa shape index (κ1) is 12.7. The average Bonchev–Trinajstić information content (AvgIpc) is 2.21. The number of aryl methyl sites for hydroxylation is 1. The molecule has 0 saturated heterocycles. The maximum absolute atomic E-state index is 6.14. The molecule has 15 heavy (non-hydrogen) atoms. The molecule has 0 fully saturated rings. The second-order valence-corrected chi connectivity index (χ2v) is 4.39. The van der Waals surface area contributed by atoms with Crippen LogP contribution in [0.1, 0.15) is 23.1 Å². The first-order valence-electron chi connectivity index (χ1n) is 5.00. The number of hydrogen-bond donors (Lipinski definition) is 0. The van der Waals surface area contributed by atoms with Gasteiger partial charge in [0.15, 0.2) is 0 Å². The molecule has 1 aromatic carbocycles. The van der Waals surface area contributed by atoms with Crippen molar-refractivity contribution >= 4 is 23.2 Å². The molecule has 1 nitrogen and oxygen atoms in total. The van der Waals surface area contributed by atoms with E-state index in [-0.39, 0.29) is 0 Å². The van der Waals surface area contributed by atoms with E-state index in [1.54, 1.807) is 7.11 Å². The number of hydrogen-bond acceptors (Lipinski definition) is 1. The second-order valence-electron chi connectivity index (χ2n) is 3.60. The molecule has 0 unspecified atom stereocenters. The van der Waals surface area contributed by atoms with Gasteiger partial charge in [-0.15, -0.1) is 11.6 Å². The van der Waals surface area contributed by atoms with Crippen LogP contribution in [0.2, 0.25) is 5.02 Å². The number of rotatable bonds is 4. The molecule has 1 aromatic rings. The number of alkyl halides is 1. The Bertz CT molecular complexity index is 348. The van der Waals surface area contributed by atoms with E-state index in [2.05, 4.69) is 0 Å². The van der Waals surface area contributed by atoms with Gasteiger partial charge in [-0.25, -0.2) is 0 Å². The Hall–Kier alpha value is -0.400. The summed E-state index contributed by atoms with van der Waals surface area (Å²) in [6.07, 6.45) is 1.86. The molecule has 0 amide bonds. The zero-order valence-electron chi connectivity index (χ0n) is 9.36. The zero-order chi connectivity index (χ0) is 11.4. The van der Waals surface area contributed by atoms with E-state index in [0.717, 1.165) is 34.7 Å². The van der Waals surface area contributed by atoms with Gasteiger partial charge in [0.25, 0.3) is 0 Å². The standard InChI is InChI=1S/C12H16Cl2O/c1-8-7-11(14)9(2)10(5-4-6-13)12(8)15-3/h7H,4-6H2,1-3H3. The van der Waals surface area contributed by atoms with Crippen LogP contribution in [0.3, 0.4) is 0 Å². The fraction of sp³-hybridized carbons (Fsp3) is 0.500. The van der Waals surface area contributed by atoms with Crippen LogP contribution >= 0.6 is 23.2 Å². The van der Waals surface area contributed by atoms with Crippen LogP contribution in [0.15, 0.2) is 6.07 Å². The highest BCUT2D eigenvalue weighted by atomic mass is 35.5. The molecule has 0 heterocycles. The highest BCUT2D eigenvalue weighted by Gasteiger charge is 2.12. The molecule has 0 saturated carbocycles. The monoisotopic (exact) mass is 246 g/mol. The van der Waals surface area contributed by atoms with Crippen molar-refractivity contribution < 1.29 is 4.74 Å². The fourth-order valence-corrected chi connectivity index (χ4v) is 2.16. The Morgan fingerprint density at radius 3 is 2.53 bits per heavy atom. The van der Waals surface area contributed by atoms with Gasteiger partial charge < -0.3 is 4.74 Å². The molecule has 0 aliphatic rings. The Morgan fingerprint density at radius 1 is 1.33 bits per heavy atom. The molecule has 0 spiro atoms. The van der Waals surface area contributed by atoms with Crippen molar-refractivity contribution in [2.75, 3.05) is 13.0 Å². The first-order chi connectivity index (χ1) is 7.11. The summed E-state index contributed by atoms with van der Waals surface area (Å²) < 4.78 is 5.41. The minimum absolute atomic E-state index is 0.661. The Morgan fingerprint density at radius 2 is 2.00 bits per heavy atom. The van der Waals surface area contributed by atoms with Crippen molar-refractivity contribution in [1.82, 2.24) is 0 Å². The average molecular weight is 247 g/mol. The van der Waals surface area contributed by atoms with Gasteiger partial charge in [0.2, 0.25) is 0 Å². The van der Waals surface area contributed by atoms with E-state index in [1.165, 1.54) is 5.56 Å². The predicted molar refractivity (Wildman–Crippen MR) is 66.5 cm³/mol. The van der Waals surface area contributed by atoms with E-state index in [9.17, 15) is 0 Å². The summed E-state index contributed by atoms with van der Waals surface area (Å²) in [6, 6.07) is 1.94. The van der Waals surface area contributed by atoms with Gasteiger partial charge in [0.1, 0.15) is 5.75 Å². The van der Waals surface area contributed by atoms with Crippen molar-refractivity contribution in [1.29, 1.82) is 0 Å². The van der Waals surface area contributed by atoms with Crippen LogP contribution in [0.25, 0.3) is 0 Å². The van der Waals surface area contributed by atoms with Crippen molar-refractivity contribution in [3.8, 4) is 5.75 Å². The quantitative estimate of drug-likeness (QED) is 0.726. The third-order valence-electron chi connectivity index (χ3n) is 2.55. The van der Waals surface area contributed by atoms with Crippen LogP contribution in [0.4, 0.5) is 0 Å². The van der Waals surface area contributed by atoms with E-state index in [4.69, 9.17) is 27.9 Å². The normalized spacial score (nSPS) is 10.5. The van der Waals surface area contributed by atoms with Crippen LogP contribution < -0.4 is 4.74 Å². The molecular weight excluding hydrogens is 231 g/mol. The van der Waals surface area contributed by atoms with Crippen molar-refractivity contribution in [2.45, 2.75) is 26.7 Å². The molecular formula is C12H16Cl2O. The van der Waals surface area contributed by atoms with Crippen LogP contribution in [0, 0.1) is 13.8 Å². The summed E-state index contributed by atoms with van der Waals surface area (Å²) in [5.41, 5.74) is 3.37. The molecule has 0 radical (unpaired) electrons. The molecule has 0 aromatic heterocycles. The third kappa shape index (κ3) is 2.79. The zero-order valence-corrected chi connectivity index (χ0v) is 10.9. The van der Waals surface area contributed by atoms with Crippen molar-refractivity contribution in [3.63, 3.8) is 0 Å². The fourth-order valence-electron chi connectivity index (χ4n) is 1.75. The minimum Gasteiger partial charge on any atom is -0.496 e. The molecule has 1 rings (SSSR count). The van der Waals surface area contributed by atoms with Crippen LogP contribution in [-0.2, 0) is 6.42 Å². The lowest BCUT2D eigenvalue weighted by atomic mass is 10.00. The smallest absolute Gasteiger partial charge is 0.125 e. The van der Waals surface area contributed by atoms with Gasteiger partial charge in [0, 0.05) is 10.9 Å². The summed E-state index contributed by atoms with van der Waals surface area (Å²) in [7, 11) is 1.69. The SMILES string of the molecule is COc1c(C)cc(Cl)c(C)c1CCCCl. The van der Waals surface area contributed by atoms with Gasteiger partial charge in [-0.2, -0.15) is 0 Å². The van der Waals surface area contributed by atoms with Gasteiger partial charge in [0.05, 0.1) is 7.11 Å². The molecule has 84 valence electrons. The van der Waals surface area contributed by atoms with E-state index in [0.29, 0.717) is 5.88 Å². The minimum atomic E-state index is 0.661. The molecule has 0 aliphatic heterocycles. The van der Waals surface area contributed by atoms with Gasteiger partial charge in [-0.1, -0.05) is 11.6 Å². The van der Waals surface area contributed by atoms with E-state index in [1.807, 2.05) is 19.9 Å². The summed E-state index contributed by atoms with van der Waals surface area (Å²) in [5, 5.41) is 0.804. The third-order valence-corrected chi connectivity index (χ3v) is 3.21. The molecule has 0 atom stereocenters. The molecule has 0 N–H and O–H groups in total. The van der Waals surface area contributed by atoms with Crippen LogP contribution in [0.5, 0.6) is 5.75 Å². The van der Waals surface area contributed by atoms with Crippen LogP contribution in [-0.4, -0.2) is 13.0 Å². The van der Waals surface area contributed by atoms with Gasteiger partial charge >= 0.3 is 0 Å². The molecule has 0 aliphatic carbocycles. The van der Waals surface area contributed by atoms with Gasteiger partial charge in [-0.05, 0) is 49.4 Å². The number of halogens is 2. The predicted octanol–water partition coefficient (Wildman–Crippen LogP) is 4.14. The molecule has 0 bridgehead atoms. The lowest BCUT2D eigenvalue weighted by Crippen LogP contribution is -1.99. The maximum atomic E-state index is 6.14. The lowest BCUT2D eigenvalue weighted by molar-refractivity contribution is 0.406. The molecule has 3 heteroatoms. The van der Waals surface area contributed by atoms with Crippen molar-refractivity contribution in [2.24, 2.45) is 0 Å². The van der Waals surface area contributed by atoms with Gasteiger partial charge in [-0.3, -0.25) is 0 Å². The Kier molecular flexibility index (Phi) is 4.75. The highest BCUT2D eigenvalue weighted by molar-refractivity contribution is 6.31. The number of methoxy groups -OCH3 is 1. The largest absolute Gasteiger partial charge is 0.496 e. The summed E-state index contributed by atoms with van der Waals surface area (Å²) in [6.45, 7) is 4.03. The number of ether oxygens (including phenoxy) is 1. The Balaban J connectivity index is 3.18. The summed E-state index contributed by atoms with van der Waals surface area (Å²) in [4.78, 5) is 0. The van der Waals surface area contributed by atoms with Crippen molar-refractivity contribution in [3.05, 3.63) is 27.8 Å². The van der Waals surface area contributed by atoms with E-state index >= 15 is 0 Å². The highest BCUT2D eigenvalue weighted by Crippen LogP contribution is 2.32. The first-order valence-corrected chi connectivity index (χ1v) is 5.91.